The third-order valence-electron chi connectivity index (χ3n) is 12.3. The third-order valence-corrected chi connectivity index (χ3v) is 12.3. The van der Waals surface area contributed by atoms with Crippen LogP contribution in [0.2, 0.25) is 0 Å². The second-order valence-corrected chi connectivity index (χ2v) is 15.5. The minimum atomic E-state index is -0.680. The van der Waals surface area contributed by atoms with Crippen molar-refractivity contribution in [2.24, 2.45) is 7.05 Å². The van der Waals surface area contributed by atoms with E-state index in [1.807, 2.05) is 12.1 Å². The zero-order chi connectivity index (χ0) is 38.7. The van der Waals surface area contributed by atoms with Crippen LogP contribution in [0.4, 0.5) is 25.1 Å². The molecule has 4 fully saturated rings. The Morgan fingerprint density at radius 1 is 1.00 bits per heavy atom. The molecule has 1 aliphatic carbocycles. The standard InChI is InChI=1S/C41H41F2N9O4/c1-50-36-18-27(31(43)17-28(36)39(49-50)52-13-10-37(53)48-40(52)54)23-2-4-25(5-3-23)51-14-11-41(12-15-51)19-24(22-55-41)35-21-46-33-9-6-26(16-34(33)47-35)56-38-29(20-44)32(45)8-7-30(38)42/h6-9,16-18,21,23-25H,2-5,10-15,19,22,45H2,1H3,(H,48,53,54). The van der Waals surface area contributed by atoms with Gasteiger partial charge in [0, 0.05) is 62.7 Å². The molecule has 288 valence electrons. The highest BCUT2D eigenvalue weighted by atomic mass is 19.1. The first kappa shape index (κ1) is 35.9. The van der Waals surface area contributed by atoms with Gasteiger partial charge in [0.15, 0.2) is 17.4 Å². The van der Waals surface area contributed by atoms with E-state index in [1.165, 1.54) is 23.1 Å². The van der Waals surface area contributed by atoms with Gasteiger partial charge in [-0.2, -0.15) is 10.4 Å². The summed E-state index contributed by atoms with van der Waals surface area (Å²) in [5.41, 5.74) is 9.29. The van der Waals surface area contributed by atoms with E-state index in [0.717, 1.165) is 69.2 Å². The zero-order valence-electron chi connectivity index (χ0n) is 30.9. The summed E-state index contributed by atoms with van der Waals surface area (Å²) in [6, 6.07) is 12.8. The van der Waals surface area contributed by atoms with Gasteiger partial charge in [-0.05, 0) is 92.8 Å². The molecule has 3 N–H and O–H groups in total. The molecule has 3 amide bonds. The van der Waals surface area contributed by atoms with E-state index in [-0.39, 0.29) is 59.1 Å². The van der Waals surface area contributed by atoms with E-state index in [1.54, 1.807) is 36.1 Å². The van der Waals surface area contributed by atoms with Gasteiger partial charge >= 0.3 is 6.03 Å². The number of rotatable bonds is 6. The lowest BCUT2D eigenvalue weighted by atomic mass is 9.79. The highest BCUT2D eigenvalue weighted by Crippen LogP contribution is 2.45. The normalized spacial score (nSPS) is 22.8. The SMILES string of the molecule is Cn1nc(N2CCC(=O)NC2=O)c2cc(F)c(C3CCC(N4CCC5(CC4)CC(c4cnc6ccc(Oc7c(F)ccc(N)c7C#N)cc6n4)CO5)CC3)cc21. The summed E-state index contributed by atoms with van der Waals surface area (Å²) < 4.78 is 44.4. The van der Waals surface area contributed by atoms with Crippen molar-refractivity contribution in [3.05, 3.63) is 77.1 Å². The number of carbonyl (C=O) groups is 2. The summed E-state index contributed by atoms with van der Waals surface area (Å²) in [6.07, 6.45) is 8.41. The minimum Gasteiger partial charge on any atom is -0.453 e. The van der Waals surface area contributed by atoms with Gasteiger partial charge in [-0.1, -0.05) is 0 Å². The lowest BCUT2D eigenvalue weighted by molar-refractivity contribution is -0.120. The third kappa shape index (κ3) is 6.46. The largest absolute Gasteiger partial charge is 0.453 e. The van der Waals surface area contributed by atoms with Crippen LogP contribution >= 0.6 is 0 Å². The second-order valence-electron chi connectivity index (χ2n) is 15.5. The van der Waals surface area contributed by atoms with Crippen molar-refractivity contribution in [3.63, 3.8) is 0 Å². The van der Waals surface area contributed by atoms with Crippen molar-refractivity contribution in [3.8, 4) is 17.6 Å². The number of nitrogens with one attached hydrogen (secondary N) is 1. The van der Waals surface area contributed by atoms with Crippen LogP contribution < -0.4 is 20.7 Å². The number of urea groups is 1. The van der Waals surface area contributed by atoms with E-state index in [0.29, 0.717) is 46.2 Å². The first-order chi connectivity index (χ1) is 27.1. The average Bonchev–Trinajstić information content (AvgIpc) is 3.76. The summed E-state index contributed by atoms with van der Waals surface area (Å²) in [7, 11) is 1.79. The number of aryl methyl sites for hydroxylation is 1. The first-order valence-corrected chi connectivity index (χ1v) is 19.2. The maximum atomic E-state index is 15.7. The lowest BCUT2D eigenvalue weighted by Crippen LogP contribution is -2.49. The quantitative estimate of drug-likeness (QED) is 0.181. The molecule has 15 heteroatoms. The molecule has 1 unspecified atom stereocenters. The molecule has 1 atom stereocenters. The number of hydrogen-bond acceptors (Lipinski definition) is 10. The molecule has 0 radical (unpaired) electrons. The van der Waals surface area contributed by atoms with E-state index < -0.39 is 11.8 Å². The Kier molecular flexibility index (Phi) is 9.05. The van der Waals surface area contributed by atoms with Crippen LogP contribution in [0, 0.1) is 23.0 Å². The smallest absolute Gasteiger partial charge is 0.329 e. The Morgan fingerprint density at radius 2 is 1.80 bits per heavy atom. The number of nitriles is 1. The molecule has 0 bridgehead atoms. The van der Waals surface area contributed by atoms with Gasteiger partial charge in [0.05, 0.1) is 40.1 Å². The van der Waals surface area contributed by atoms with Crippen LogP contribution in [0.25, 0.3) is 21.9 Å². The number of aromatic nitrogens is 4. The number of nitrogens with zero attached hydrogens (tertiary/aromatic N) is 7. The monoisotopic (exact) mass is 761 g/mol. The van der Waals surface area contributed by atoms with Crippen LogP contribution in [-0.2, 0) is 16.6 Å². The van der Waals surface area contributed by atoms with E-state index in [2.05, 4.69) is 20.3 Å². The number of amides is 3. The Balaban J connectivity index is 0.817. The highest BCUT2D eigenvalue weighted by Gasteiger charge is 2.45. The number of imide groups is 1. The molecule has 2 aromatic heterocycles. The number of benzene rings is 3. The molecular formula is C41H41F2N9O4. The molecule has 1 saturated carbocycles. The fourth-order valence-electron chi connectivity index (χ4n) is 9.16. The molecule has 56 heavy (non-hydrogen) atoms. The van der Waals surface area contributed by atoms with Crippen molar-refractivity contribution in [2.75, 3.05) is 36.9 Å². The molecule has 5 heterocycles. The number of carbonyl (C=O) groups excluding carboxylic acids is 2. The van der Waals surface area contributed by atoms with Gasteiger partial charge in [-0.25, -0.2) is 18.6 Å². The van der Waals surface area contributed by atoms with Gasteiger partial charge in [0.1, 0.15) is 23.2 Å². The predicted molar refractivity (Wildman–Crippen MR) is 203 cm³/mol. The van der Waals surface area contributed by atoms with Crippen molar-refractivity contribution in [1.29, 1.82) is 5.26 Å². The Morgan fingerprint density at radius 3 is 2.57 bits per heavy atom. The lowest BCUT2D eigenvalue weighted by Gasteiger charge is -2.44. The van der Waals surface area contributed by atoms with Crippen LogP contribution in [0.15, 0.2) is 48.7 Å². The zero-order valence-corrected chi connectivity index (χ0v) is 30.9. The van der Waals surface area contributed by atoms with Gasteiger partial charge < -0.3 is 20.1 Å². The van der Waals surface area contributed by atoms with E-state index in [9.17, 15) is 19.2 Å². The Labute approximate surface area is 321 Å². The molecule has 9 rings (SSSR count). The number of ether oxygens (including phenoxy) is 2. The van der Waals surface area contributed by atoms with Gasteiger partial charge in [0.2, 0.25) is 5.91 Å². The van der Waals surface area contributed by atoms with Gasteiger partial charge in [-0.3, -0.25) is 24.7 Å². The minimum absolute atomic E-state index is 0.0604. The van der Waals surface area contributed by atoms with Crippen LogP contribution in [0.5, 0.6) is 11.5 Å². The molecule has 3 aromatic carbocycles. The maximum Gasteiger partial charge on any atom is 0.329 e. The fraction of sp³-hybridized carbons (Fsp3) is 0.415. The van der Waals surface area contributed by atoms with Crippen molar-refractivity contribution < 1.29 is 27.8 Å². The summed E-state index contributed by atoms with van der Waals surface area (Å²) in [6.45, 7) is 2.63. The van der Waals surface area contributed by atoms with Crippen LogP contribution in [-0.4, -0.2) is 74.5 Å². The summed E-state index contributed by atoms with van der Waals surface area (Å²) in [5, 5.41) is 16.9. The predicted octanol–water partition coefficient (Wildman–Crippen LogP) is 6.55. The van der Waals surface area contributed by atoms with Crippen molar-refractivity contribution in [1.82, 2.24) is 30.0 Å². The van der Waals surface area contributed by atoms with E-state index >= 15 is 4.39 Å². The summed E-state index contributed by atoms with van der Waals surface area (Å²) in [5.74, 6) is -0.658. The van der Waals surface area contributed by atoms with Gasteiger partial charge in [0.25, 0.3) is 0 Å². The highest BCUT2D eigenvalue weighted by molar-refractivity contribution is 6.08. The maximum absolute atomic E-state index is 15.7. The van der Waals surface area contributed by atoms with Gasteiger partial charge in [-0.15, -0.1) is 0 Å². The van der Waals surface area contributed by atoms with Crippen LogP contribution in [0.1, 0.15) is 80.0 Å². The van der Waals surface area contributed by atoms with Crippen molar-refractivity contribution >= 4 is 45.4 Å². The number of likely N-dealkylation sites (tertiary alicyclic amines) is 1. The molecule has 3 aliphatic heterocycles. The second kappa shape index (κ2) is 14.1. The number of fused-ring (bicyclic) bond motifs is 2. The Hall–Kier alpha value is -5.72. The molecule has 13 nitrogen and oxygen atoms in total. The number of anilines is 2. The number of nitrogens with two attached hydrogens (primary N) is 1. The number of halogens is 2. The topological polar surface area (TPSA) is 165 Å². The molecule has 4 aliphatic rings. The molecule has 5 aromatic rings. The number of piperidine rings is 1. The fourth-order valence-corrected chi connectivity index (χ4v) is 9.16. The summed E-state index contributed by atoms with van der Waals surface area (Å²) >= 11 is 0. The molecule has 1 spiro atoms. The first-order valence-electron chi connectivity index (χ1n) is 19.2. The molecular weight excluding hydrogens is 721 g/mol. The Bertz CT molecular complexity index is 2430. The van der Waals surface area contributed by atoms with Crippen molar-refractivity contribution in [2.45, 2.75) is 74.8 Å². The average molecular weight is 762 g/mol. The van der Waals surface area contributed by atoms with Crippen LogP contribution in [0.3, 0.4) is 0 Å². The number of hydrogen-bond donors (Lipinski definition) is 2. The summed E-state index contributed by atoms with van der Waals surface area (Å²) in [4.78, 5) is 37.7. The molecule has 3 saturated heterocycles. The number of nitrogen functional groups attached to an aromatic ring is 1. The van der Waals surface area contributed by atoms with E-state index in [4.69, 9.17) is 20.2 Å².